The first-order valence-electron chi connectivity index (χ1n) is 44.5. The molecule has 0 aliphatic carbocycles. The molecule has 0 saturated carbocycles. The largest absolute Gasteiger partial charge is 0.335 e. The molecular formula is C122H82N8. The van der Waals surface area contributed by atoms with Crippen LogP contribution < -0.4 is 0 Å². The number of nitrogens with zero attached hydrogens (tertiary/aromatic N) is 8. The van der Waals surface area contributed by atoms with Crippen molar-refractivity contribution in [2.45, 2.75) is 52.4 Å². The Labute approximate surface area is 751 Å². The fraction of sp³-hybridized carbons (Fsp3) is 0.0656. The first-order valence-corrected chi connectivity index (χ1v) is 44.5. The SMILES string of the molecule is C#C/C(Cn1c2ccccc2c2ccccc21)=C(/C#CC(Cn1c2ccccc2c2ccccc21)=C(C#CC(Cn1c2ccccc2c2ccccc21)=C(C#C/C(Cn1c2ccccc2c2ccccc21)=C(/C#C)Cn1c2ccccc2c2ccccc21)Cn1c2ccccc2c2ccccc21)Cn1c2ccccc2c2ccccc21)Cn1c2ccccc2c2ccccc21. The van der Waals surface area contributed by atoms with E-state index >= 15 is 0 Å². The Bertz CT molecular complexity index is 8360. The van der Waals surface area contributed by atoms with E-state index in [4.69, 9.17) is 12.8 Å². The fourth-order valence-corrected chi connectivity index (χ4v) is 20.8. The normalized spacial score (nSPS) is 12.7. The molecule has 0 aliphatic heterocycles. The lowest BCUT2D eigenvalue weighted by atomic mass is 10.0. The zero-order chi connectivity index (χ0) is 86.3. The van der Waals surface area contributed by atoms with Gasteiger partial charge in [-0.3, -0.25) is 0 Å². The van der Waals surface area contributed by atoms with E-state index in [0.29, 0.717) is 52.4 Å². The van der Waals surface area contributed by atoms with Crippen LogP contribution in [0.3, 0.4) is 0 Å². The molecule has 16 aromatic carbocycles. The molecule has 0 fully saturated rings. The molecule has 0 aliphatic rings. The van der Waals surface area contributed by atoms with Crippen molar-refractivity contribution < 1.29 is 0 Å². The van der Waals surface area contributed by atoms with Crippen LogP contribution in [0.5, 0.6) is 0 Å². The highest BCUT2D eigenvalue weighted by atomic mass is 15.0. The molecule has 8 aromatic heterocycles. The van der Waals surface area contributed by atoms with Gasteiger partial charge in [-0.2, -0.15) is 0 Å². The van der Waals surface area contributed by atoms with E-state index in [1.54, 1.807) is 0 Å². The Morgan fingerprint density at radius 3 is 0.315 bits per heavy atom. The van der Waals surface area contributed by atoms with E-state index < -0.39 is 0 Å². The maximum atomic E-state index is 7.21. The van der Waals surface area contributed by atoms with Gasteiger partial charge in [0.1, 0.15) is 0 Å². The van der Waals surface area contributed by atoms with Gasteiger partial charge in [0.2, 0.25) is 0 Å². The number of hydrogen-bond donors (Lipinski definition) is 0. The summed E-state index contributed by atoms with van der Waals surface area (Å²) in [5.74, 6) is 31.8. The summed E-state index contributed by atoms with van der Waals surface area (Å²) in [6.07, 6.45) is 14.4. The number of terminal acetylenes is 2. The summed E-state index contributed by atoms with van der Waals surface area (Å²) in [5.41, 5.74) is 23.8. The Morgan fingerprint density at radius 1 is 0.131 bits per heavy atom. The second kappa shape index (κ2) is 32.0. The second-order valence-electron chi connectivity index (χ2n) is 33.8. The first kappa shape index (κ1) is 76.3. The molecule has 8 heterocycles. The summed E-state index contributed by atoms with van der Waals surface area (Å²) in [7, 11) is 0. The predicted molar refractivity (Wildman–Crippen MR) is 545 cm³/mol. The molecule has 0 atom stereocenters. The monoisotopic (exact) mass is 1660 g/mol. The summed E-state index contributed by atoms with van der Waals surface area (Å²) in [4.78, 5) is 0. The molecule has 130 heavy (non-hydrogen) atoms. The third-order valence-corrected chi connectivity index (χ3v) is 26.9. The van der Waals surface area contributed by atoms with E-state index in [-0.39, 0.29) is 0 Å². The molecule has 24 rings (SSSR count). The number of fused-ring (bicyclic) bond motifs is 24. The summed E-state index contributed by atoms with van der Waals surface area (Å²) >= 11 is 0. The van der Waals surface area contributed by atoms with Gasteiger partial charge in [-0.05, 0) is 97.1 Å². The van der Waals surface area contributed by atoms with Crippen LogP contribution in [0.2, 0.25) is 0 Å². The molecule has 0 bridgehead atoms. The lowest BCUT2D eigenvalue weighted by molar-refractivity contribution is 0.815. The summed E-state index contributed by atoms with van der Waals surface area (Å²) < 4.78 is 19.4. The van der Waals surface area contributed by atoms with Crippen molar-refractivity contribution in [3.63, 3.8) is 0 Å². The Kier molecular flexibility index (Phi) is 18.8. The lowest BCUT2D eigenvalue weighted by Crippen LogP contribution is -2.10. The number of aromatic nitrogens is 8. The van der Waals surface area contributed by atoms with Crippen molar-refractivity contribution in [1.82, 2.24) is 36.5 Å². The van der Waals surface area contributed by atoms with Crippen LogP contribution in [0.1, 0.15) is 0 Å². The topological polar surface area (TPSA) is 39.4 Å². The lowest BCUT2D eigenvalue weighted by Gasteiger charge is -2.16. The Balaban J connectivity index is 0.828. The van der Waals surface area contributed by atoms with Gasteiger partial charge in [-0.1, -0.05) is 339 Å². The van der Waals surface area contributed by atoms with Crippen LogP contribution in [-0.4, -0.2) is 36.5 Å². The number of allylic oxidation sites excluding steroid dienone is 8. The van der Waals surface area contributed by atoms with Gasteiger partial charge in [0.15, 0.2) is 0 Å². The molecule has 0 N–H and O–H groups in total. The van der Waals surface area contributed by atoms with Crippen LogP contribution in [0.25, 0.3) is 174 Å². The van der Waals surface area contributed by atoms with Gasteiger partial charge in [0.25, 0.3) is 0 Å². The average Bonchev–Trinajstić information content (AvgIpc) is 1.62. The van der Waals surface area contributed by atoms with Crippen molar-refractivity contribution in [3.8, 4) is 60.2 Å². The van der Waals surface area contributed by atoms with Gasteiger partial charge in [0.05, 0.1) is 52.4 Å². The Morgan fingerprint density at radius 2 is 0.215 bits per heavy atom. The van der Waals surface area contributed by atoms with Gasteiger partial charge in [-0.15, -0.1) is 12.8 Å². The molecular weight excluding hydrogens is 1580 g/mol. The maximum absolute atomic E-state index is 7.21. The standard InChI is InChI=1S/C122H82N8/c1-3-83(75-123-107-53-21-5-37-91(107)92-38-6-22-54-108(92)123)85(77-125-111-57-25-9-41-95(111)96-42-10-26-58-112(96)125)69-71-87(79-127-115-61-29-13-45-99(115)100-46-14-30-62-116(100)127)89(81-129-119-65-33-17-49-103(119)104-50-18-34-66-120(104)129)73-74-90(82-130-121-67-35-19-51-105(121)106-52-20-36-68-122(106)130)88(80-128-117-63-31-15-47-101(117)102-48-16-32-64-118(102)128)72-70-86(78-126-113-59-27-11-43-97(113)98-44-12-28-60-114(98)126)84(4-2)76-124-109-55-23-7-39-93(109)94-40-8-24-56-110(94)124/h1-2,5-68H,75-82H2/b85-83+,86-84+,89-87?,90-88?. The van der Waals surface area contributed by atoms with Crippen LogP contribution in [-0.2, 0) is 52.4 Å². The first-order chi connectivity index (χ1) is 64.4. The maximum Gasteiger partial charge on any atom is 0.0571 e. The van der Waals surface area contributed by atoms with Crippen molar-refractivity contribution in [3.05, 3.63) is 433 Å². The quantitative estimate of drug-likeness (QED) is 0.0865. The minimum atomic E-state index is 0.327. The van der Waals surface area contributed by atoms with Gasteiger partial charge in [0, 0.05) is 219 Å². The van der Waals surface area contributed by atoms with Crippen molar-refractivity contribution in [2.75, 3.05) is 0 Å². The van der Waals surface area contributed by atoms with Gasteiger partial charge >= 0.3 is 0 Å². The number of rotatable bonds is 16. The second-order valence-corrected chi connectivity index (χ2v) is 33.8. The number of benzene rings is 16. The molecule has 0 unspecified atom stereocenters. The Hall–Kier alpha value is -17.3. The van der Waals surface area contributed by atoms with E-state index in [1.807, 2.05) is 0 Å². The molecule has 0 saturated heterocycles. The minimum Gasteiger partial charge on any atom is -0.335 e. The minimum absolute atomic E-state index is 0.327. The smallest absolute Gasteiger partial charge is 0.0571 e. The highest BCUT2D eigenvalue weighted by Gasteiger charge is 2.25. The average molecular weight is 1660 g/mol. The van der Waals surface area contributed by atoms with E-state index in [2.05, 4.69) is 472 Å². The highest BCUT2D eigenvalue weighted by Crippen LogP contribution is 2.41. The summed E-state index contributed by atoms with van der Waals surface area (Å²) in [5, 5.41) is 18.4. The molecule has 610 valence electrons. The molecule has 24 aromatic rings. The molecule has 8 nitrogen and oxygen atoms in total. The molecule has 8 heteroatoms. The third-order valence-electron chi connectivity index (χ3n) is 26.9. The van der Waals surface area contributed by atoms with E-state index in [1.165, 1.54) is 0 Å². The van der Waals surface area contributed by atoms with Crippen molar-refractivity contribution in [1.29, 1.82) is 0 Å². The third kappa shape index (κ3) is 12.9. The van der Waals surface area contributed by atoms with E-state index in [0.717, 1.165) is 219 Å². The summed E-state index contributed by atoms with van der Waals surface area (Å²) in [6, 6.07) is 140. The molecule has 0 amide bonds. The van der Waals surface area contributed by atoms with Crippen LogP contribution in [0, 0.1) is 60.2 Å². The number of para-hydroxylation sites is 16. The zero-order valence-electron chi connectivity index (χ0n) is 71.3. The summed E-state index contributed by atoms with van der Waals surface area (Å²) in [6.45, 7) is 2.84. The van der Waals surface area contributed by atoms with Crippen LogP contribution >= 0.6 is 0 Å². The molecule has 0 spiro atoms. The zero-order valence-corrected chi connectivity index (χ0v) is 71.3. The van der Waals surface area contributed by atoms with Crippen molar-refractivity contribution >= 4 is 174 Å². The van der Waals surface area contributed by atoms with Gasteiger partial charge in [-0.25, -0.2) is 0 Å². The van der Waals surface area contributed by atoms with Crippen molar-refractivity contribution in [2.24, 2.45) is 0 Å². The van der Waals surface area contributed by atoms with E-state index in [9.17, 15) is 0 Å². The highest BCUT2D eigenvalue weighted by molar-refractivity contribution is 6.15. The fourth-order valence-electron chi connectivity index (χ4n) is 20.8. The van der Waals surface area contributed by atoms with Crippen LogP contribution in [0.4, 0.5) is 0 Å². The van der Waals surface area contributed by atoms with Crippen LogP contribution in [0.15, 0.2) is 433 Å². The molecule has 0 radical (unpaired) electrons. The number of hydrogen-bond acceptors (Lipinski definition) is 0. The predicted octanol–water partition coefficient (Wildman–Crippen LogP) is 27.9. The van der Waals surface area contributed by atoms with Gasteiger partial charge < -0.3 is 36.5 Å².